The third-order valence-corrected chi connectivity index (χ3v) is 3.94. The van der Waals surface area contributed by atoms with E-state index >= 15 is 0 Å². The molecular formula is C13H19BrClFN2. The molecule has 0 aliphatic carbocycles. The molecule has 1 aliphatic rings. The fourth-order valence-corrected chi connectivity index (χ4v) is 2.60. The van der Waals surface area contributed by atoms with Crippen LogP contribution in [0.25, 0.3) is 0 Å². The quantitative estimate of drug-likeness (QED) is 0.918. The predicted octanol–water partition coefficient (Wildman–Crippen LogP) is 3.18. The van der Waals surface area contributed by atoms with Crippen molar-refractivity contribution in [1.29, 1.82) is 0 Å². The minimum atomic E-state index is -0.125. The van der Waals surface area contributed by atoms with Crippen LogP contribution in [0.1, 0.15) is 18.4 Å². The van der Waals surface area contributed by atoms with Gasteiger partial charge in [0.15, 0.2) is 0 Å². The SMILES string of the molecule is Cl.NCC1CCN(Cc2ccc(Br)cc2F)CC1. The van der Waals surface area contributed by atoms with Crippen molar-refractivity contribution in [3.05, 3.63) is 34.1 Å². The molecule has 1 heterocycles. The minimum Gasteiger partial charge on any atom is -0.330 e. The van der Waals surface area contributed by atoms with Crippen LogP contribution in [0.5, 0.6) is 0 Å². The first kappa shape index (κ1) is 15.9. The minimum absolute atomic E-state index is 0. The molecule has 5 heteroatoms. The molecule has 102 valence electrons. The molecule has 1 saturated heterocycles. The van der Waals surface area contributed by atoms with Crippen LogP contribution in [-0.2, 0) is 6.54 Å². The molecule has 0 spiro atoms. The lowest BCUT2D eigenvalue weighted by Gasteiger charge is -2.31. The highest BCUT2D eigenvalue weighted by molar-refractivity contribution is 9.10. The molecule has 2 N–H and O–H groups in total. The zero-order valence-electron chi connectivity index (χ0n) is 10.2. The summed E-state index contributed by atoms with van der Waals surface area (Å²) >= 11 is 3.27. The highest BCUT2D eigenvalue weighted by atomic mass is 79.9. The van der Waals surface area contributed by atoms with Crippen molar-refractivity contribution in [1.82, 2.24) is 4.90 Å². The van der Waals surface area contributed by atoms with Gasteiger partial charge in [-0.05, 0) is 50.5 Å². The normalized spacial score (nSPS) is 17.5. The molecule has 1 aliphatic heterocycles. The van der Waals surface area contributed by atoms with Crippen molar-refractivity contribution in [2.75, 3.05) is 19.6 Å². The van der Waals surface area contributed by atoms with Gasteiger partial charge in [0.25, 0.3) is 0 Å². The predicted molar refractivity (Wildman–Crippen MR) is 78.4 cm³/mol. The topological polar surface area (TPSA) is 29.3 Å². The summed E-state index contributed by atoms with van der Waals surface area (Å²) in [4.78, 5) is 2.30. The molecular weight excluding hydrogens is 319 g/mol. The molecule has 0 bridgehead atoms. The number of likely N-dealkylation sites (tertiary alicyclic amines) is 1. The first-order valence-electron chi connectivity index (χ1n) is 6.05. The van der Waals surface area contributed by atoms with Gasteiger partial charge in [-0.3, -0.25) is 4.90 Å². The van der Waals surface area contributed by atoms with Gasteiger partial charge in [0.05, 0.1) is 0 Å². The summed E-state index contributed by atoms with van der Waals surface area (Å²) in [6, 6.07) is 5.28. The van der Waals surface area contributed by atoms with Crippen molar-refractivity contribution in [3.8, 4) is 0 Å². The number of nitrogens with two attached hydrogens (primary N) is 1. The second kappa shape index (κ2) is 7.43. The van der Waals surface area contributed by atoms with Crippen LogP contribution in [0, 0.1) is 11.7 Å². The van der Waals surface area contributed by atoms with E-state index in [2.05, 4.69) is 20.8 Å². The lowest BCUT2D eigenvalue weighted by Crippen LogP contribution is -2.35. The van der Waals surface area contributed by atoms with Crippen molar-refractivity contribution >= 4 is 28.3 Å². The van der Waals surface area contributed by atoms with E-state index in [4.69, 9.17) is 5.73 Å². The van der Waals surface area contributed by atoms with Gasteiger partial charge in [0.2, 0.25) is 0 Å². The molecule has 18 heavy (non-hydrogen) atoms. The van der Waals surface area contributed by atoms with Crippen molar-refractivity contribution < 1.29 is 4.39 Å². The molecule has 0 radical (unpaired) electrons. The summed E-state index contributed by atoms with van der Waals surface area (Å²) in [5, 5.41) is 0. The smallest absolute Gasteiger partial charge is 0.128 e. The summed E-state index contributed by atoms with van der Waals surface area (Å²) in [5.41, 5.74) is 6.44. The van der Waals surface area contributed by atoms with Gasteiger partial charge in [-0.1, -0.05) is 22.0 Å². The Balaban J connectivity index is 0.00000162. The molecule has 1 aromatic rings. The Morgan fingerprint density at radius 1 is 1.33 bits per heavy atom. The Labute approximate surface area is 122 Å². The number of hydrogen-bond donors (Lipinski definition) is 1. The van der Waals surface area contributed by atoms with Gasteiger partial charge in [-0.2, -0.15) is 0 Å². The highest BCUT2D eigenvalue weighted by Gasteiger charge is 2.18. The Hall–Kier alpha value is -0.160. The van der Waals surface area contributed by atoms with Crippen molar-refractivity contribution in [2.45, 2.75) is 19.4 Å². The maximum Gasteiger partial charge on any atom is 0.128 e. The van der Waals surface area contributed by atoms with E-state index in [1.807, 2.05) is 12.1 Å². The molecule has 0 unspecified atom stereocenters. The summed E-state index contributed by atoms with van der Waals surface area (Å²) < 4.78 is 14.5. The lowest BCUT2D eigenvalue weighted by molar-refractivity contribution is 0.178. The van der Waals surface area contributed by atoms with Crippen LogP contribution in [0.2, 0.25) is 0 Å². The Morgan fingerprint density at radius 3 is 2.56 bits per heavy atom. The fourth-order valence-electron chi connectivity index (χ4n) is 2.27. The molecule has 0 aromatic heterocycles. The van der Waals surface area contributed by atoms with Gasteiger partial charge in [-0.25, -0.2) is 4.39 Å². The lowest BCUT2D eigenvalue weighted by atomic mass is 9.97. The molecule has 2 rings (SSSR count). The number of piperidine rings is 1. The Morgan fingerprint density at radius 2 is 2.00 bits per heavy atom. The summed E-state index contributed by atoms with van der Waals surface area (Å²) in [6.07, 6.45) is 2.27. The molecule has 2 nitrogen and oxygen atoms in total. The second-order valence-electron chi connectivity index (χ2n) is 4.69. The average Bonchev–Trinajstić information content (AvgIpc) is 2.34. The van der Waals surface area contributed by atoms with Gasteiger partial charge in [0.1, 0.15) is 5.82 Å². The zero-order chi connectivity index (χ0) is 12.3. The van der Waals surface area contributed by atoms with Crippen molar-refractivity contribution in [3.63, 3.8) is 0 Å². The number of hydrogen-bond acceptors (Lipinski definition) is 2. The van der Waals surface area contributed by atoms with E-state index in [9.17, 15) is 4.39 Å². The summed E-state index contributed by atoms with van der Waals surface area (Å²) in [7, 11) is 0. The monoisotopic (exact) mass is 336 g/mol. The number of nitrogens with zero attached hydrogens (tertiary/aromatic N) is 1. The molecule has 1 fully saturated rings. The van der Waals surface area contributed by atoms with Gasteiger partial charge < -0.3 is 5.73 Å². The Kier molecular flexibility index (Phi) is 6.57. The average molecular weight is 338 g/mol. The first-order chi connectivity index (χ1) is 8.19. The van der Waals surface area contributed by atoms with Crippen LogP contribution in [0.4, 0.5) is 4.39 Å². The number of halogens is 3. The van der Waals surface area contributed by atoms with Crippen LogP contribution < -0.4 is 5.73 Å². The highest BCUT2D eigenvalue weighted by Crippen LogP contribution is 2.20. The fraction of sp³-hybridized carbons (Fsp3) is 0.538. The third kappa shape index (κ3) is 4.19. The molecule has 0 saturated carbocycles. The number of benzene rings is 1. The standard InChI is InChI=1S/C13H18BrFN2.ClH/c14-12-2-1-11(13(15)7-12)9-17-5-3-10(8-16)4-6-17;/h1-2,7,10H,3-6,8-9,16H2;1H. The van der Waals surface area contributed by atoms with E-state index in [1.54, 1.807) is 0 Å². The van der Waals surface area contributed by atoms with E-state index in [0.717, 1.165) is 42.5 Å². The molecule has 0 amide bonds. The van der Waals surface area contributed by atoms with Crippen LogP contribution >= 0.6 is 28.3 Å². The van der Waals surface area contributed by atoms with Gasteiger partial charge in [-0.15, -0.1) is 12.4 Å². The van der Waals surface area contributed by atoms with Gasteiger partial charge in [0, 0.05) is 16.6 Å². The number of rotatable bonds is 3. The van der Waals surface area contributed by atoms with E-state index < -0.39 is 0 Å². The zero-order valence-corrected chi connectivity index (χ0v) is 12.6. The maximum absolute atomic E-state index is 13.7. The second-order valence-corrected chi connectivity index (χ2v) is 5.61. The van der Waals surface area contributed by atoms with Crippen LogP contribution in [0.15, 0.2) is 22.7 Å². The Bertz CT molecular complexity index is 381. The van der Waals surface area contributed by atoms with E-state index in [-0.39, 0.29) is 18.2 Å². The summed E-state index contributed by atoms with van der Waals surface area (Å²) in [5.74, 6) is 0.529. The largest absolute Gasteiger partial charge is 0.330 e. The molecule has 0 atom stereocenters. The van der Waals surface area contributed by atoms with Gasteiger partial charge >= 0.3 is 0 Å². The molecule has 1 aromatic carbocycles. The maximum atomic E-state index is 13.7. The first-order valence-corrected chi connectivity index (χ1v) is 6.84. The van der Waals surface area contributed by atoms with E-state index in [0.29, 0.717) is 12.5 Å². The van der Waals surface area contributed by atoms with E-state index in [1.165, 1.54) is 6.07 Å². The summed E-state index contributed by atoms with van der Waals surface area (Å²) in [6.45, 7) is 3.53. The van der Waals surface area contributed by atoms with Crippen molar-refractivity contribution in [2.24, 2.45) is 11.7 Å². The third-order valence-electron chi connectivity index (χ3n) is 3.45. The van der Waals surface area contributed by atoms with Crippen LogP contribution in [0.3, 0.4) is 0 Å². The van der Waals surface area contributed by atoms with Crippen LogP contribution in [-0.4, -0.2) is 24.5 Å².